The van der Waals surface area contributed by atoms with Gasteiger partial charge in [-0.25, -0.2) is 59.2 Å². The van der Waals surface area contributed by atoms with E-state index in [2.05, 4.69) is 82.4 Å². The van der Waals surface area contributed by atoms with Crippen molar-refractivity contribution < 1.29 is 86.4 Å². The lowest BCUT2D eigenvalue weighted by Crippen LogP contribution is -2.22. The summed E-state index contributed by atoms with van der Waals surface area (Å²) in [6, 6.07) is 62.6. The summed E-state index contributed by atoms with van der Waals surface area (Å²) in [7, 11) is -4.35. The summed E-state index contributed by atoms with van der Waals surface area (Å²) in [5.74, 6) is -3.42. The van der Waals surface area contributed by atoms with E-state index in [1.165, 1.54) is 149 Å². The Morgan fingerprint density at radius 2 is 0.763 bits per heavy atom. The number of sulfonamides is 1. The summed E-state index contributed by atoms with van der Waals surface area (Å²) < 4.78 is 145. The maximum atomic E-state index is 13.9. The number of alkyl halides is 2. The number of nitrogens with one attached hydrogen (secondary N) is 5. The number of carbonyl (C=O) groups excluding carboxylic acids is 5. The molecule has 666 valence electrons. The van der Waals surface area contributed by atoms with E-state index in [9.17, 15) is 62.8 Å². The predicted molar refractivity (Wildman–Crippen MR) is 485 cm³/mol. The monoisotopic (exact) mass is 1900 g/mol. The fourth-order valence-electron chi connectivity index (χ4n) is 11.3. The number of pyridine rings is 4. The summed E-state index contributed by atoms with van der Waals surface area (Å²) in [6.45, 7) is 4.60. The van der Waals surface area contributed by atoms with E-state index in [0.717, 1.165) is 68.8 Å². The third kappa shape index (κ3) is 30.3. The normalized spacial score (nSPS) is 10.8. The Hall–Kier alpha value is -15.6. The van der Waals surface area contributed by atoms with Crippen LogP contribution in [-0.2, 0) is 25.8 Å². The van der Waals surface area contributed by atoms with Gasteiger partial charge >= 0.3 is 0 Å². The van der Waals surface area contributed by atoms with E-state index in [1.54, 1.807) is 61.2 Å². The molecule has 0 aliphatic rings. The minimum atomic E-state index is -3.69. The molecule has 6 heterocycles. The van der Waals surface area contributed by atoms with E-state index in [-0.39, 0.29) is 83.5 Å². The van der Waals surface area contributed by atoms with Crippen molar-refractivity contribution >= 4 is 105 Å². The van der Waals surface area contributed by atoms with Gasteiger partial charge in [0.2, 0.25) is 10.0 Å². The predicted octanol–water partition coefficient (Wildman–Crippen LogP) is 21.0. The van der Waals surface area contributed by atoms with Gasteiger partial charge in [0.15, 0.2) is 21.3 Å². The molecule has 0 bridgehead atoms. The first kappa shape index (κ1) is 96.0. The fourth-order valence-corrected chi connectivity index (χ4v) is 13.6. The number of carbonyl (C=O) groups is 5. The number of halogens is 7. The topological polar surface area (TPSA) is 366 Å². The van der Waals surface area contributed by atoms with Crippen LogP contribution in [0.4, 0.5) is 50.4 Å². The number of amides is 5. The van der Waals surface area contributed by atoms with Crippen LogP contribution < -0.4 is 50.3 Å². The lowest BCUT2D eigenvalue weighted by Gasteiger charge is -2.13. The number of benzene rings is 9. The maximum absolute atomic E-state index is 13.9. The number of anilines is 5. The number of hydrogen-bond acceptors (Lipinski definition) is 22. The van der Waals surface area contributed by atoms with Crippen molar-refractivity contribution in [2.45, 2.75) is 36.5 Å². The summed E-state index contributed by atoms with van der Waals surface area (Å²) in [5.41, 5.74) is 4.72. The van der Waals surface area contributed by atoms with Gasteiger partial charge < -0.3 is 50.3 Å². The molecule has 28 nitrogen and oxygen atoms in total. The summed E-state index contributed by atoms with van der Waals surface area (Å²) >= 11 is 9.46. The minimum absolute atomic E-state index is 0.0162. The highest BCUT2D eigenvalue weighted by Gasteiger charge is 2.28. The van der Waals surface area contributed by atoms with Crippen LogP contribution in [0, 0.1) is 31.3 Å². The van der Waals surface area contributed by atoms with Gasteiger partial charge in [0, 0.05) is 148 Å². The van der Waals surface area contributed by atoms with Crippen LogP contribution in [0.5, 0.6) is 57.5 Å². The van der Waals surface area contributed by atoms with E-state index in [4.69, 9.17) is 35.3 Å². The molecule has 0 aliphatic carbocycles. The zero-order chi connectivity index (χ0) is 93.8. The first-order valence-electron chi connectivity index (χ1n) is 38.6. The van der Waals surface area contributed by atoms with Gasteiger partial charge in [-0.15, -0.1) is 0 Å². The Labute approximate surface area is 761 Å². The van der Waals surface area contributed by atoms with Crippen molar-refractivity contribution in [3.63, 3.8) is 0 Å². The molecule has 5 N–H and O–H groups in total. The number of ether oxygens (including phenoxy) is 5. The van der Waals surface area contributed by atoms with Crippen molar-refractivity contribution in [1.29, 1.82) is 0 Å². The number of hydrogen-bond donors (Lipinski definition) is 5. The third-order valence-corrected chi connectivity index (χ3v) is 20.8. The molecule has 0 saturated carbocycles. The molecule has 6 aromatic heterocycles. The van der Waals surface area contributed by atoms with Crippen LogP contribution in [0.3, 0.4) is 0 Å². The fraction of sp³-hybridized carbons (Fsp3) is 0.0745. The van der Waals surface area contributed by atoms with Crippen LogP contribution in [0.15, 0.2) is 332 Å². The van der Waals surface area contributed by atoms with Crippen molar-refractivity contribution in [2.75, 3.05) is 46.9 Å². The molecule has 15 rings (SSSR count). The third-order valence-electron chi connectivity index (χ3n) is 17.2. The first-order chi connectivity index (χ1) is 62.6. The van der Waals surface area contributed by atoms with Crippen LogP contribution in [0.25, 0.3) is 0 Å². The molecule has 9 aromatic carbocycles. The summed E-state index contributed by atoms with van der Waals surface area (Å²) in [6.07, 6.45) is 18.3. The van der Waals surface area contributed by atoms with Crippen LogP contribution in [0.1, 0.15) is 75.7 Å². The average Bonchev–Trinajstić information content (AvgIpc) is 0.823. The Morgan fingerprint density at radius 3 is 1.25 bits per heavy atom. The first-order valence-corrected chi connectivity index (χ1v) is 43.1. The quantitative estimate of drug-likeness (QED) is 0.0351. The molecule has 0 unspecified atom stereocenters. The van der Waals surface area contributed by atoms with Gasteiger partial charge in [-0.2, -0.15) is 8.78 Å². The highest BCUT2D eigenvalue weighted by molar-refractivity contribution is 9.10. The Balaban J connectivity index is 0.000000158. The van der Waals surface area contributed by atoms with Gasteiger partial charge in [-0.1, -0.05) is 87.2 Å². The number of sulfone groups is 1. The SMILES string of the molecule is CC(F)(F)c1cccc(C(=O)Nc2cc(Cl)cc(Oc3cncc(F)c3)c2)n1.CN(C)S(=O)(=O)c1cccc(C(=O)Nc2cc(F)cc(Oc3cncnc3)c2)c1.CS(=O)(=O)c1cccc(C(=O)Nc2cc(F)cc(Oc3cncnc3)c2)c1.Cc1cccc(C(=O)Nc2cc(Br)cc(Oc3cccnc3)c2)c1.Cc1cccc(C(=O)Nc2cccc(Oc3cccnc3)c2)c1. The van der Waals surface area contributed by atoms with E-state index >= 15 is 0 Å². The van der Waals surface area contributed by atoms with Gasteiger partial charge in [0.05, 0.1) is 59.4 Å². The average molecular weight is 1900 g/mol. The molecular weight excluding hydrogens is 1820 g/mol. The molecule has 0 radical (unpaired) electrons. The Kier molecular flexibility index (Phi) is 33.1. The number of aryl methyl sites for hydroxylation is 2. The second-order valence-corrected chi connectivity index (χ2v) is 33.5. The largest absolute Gasteiger partial charge is 0.456 e. The summed E-state index contributed by atoms with van der Waals surface area (Å²) in [5, 5.41) is 13.6. The molecular formula is C94H75BrClF5N14O14S2. The zero-order valence-corrected chi connectivity index (χ0v) is 73.7. The number of nitrogens with zero attached hydrogens (tertiary/aromatic N) is 9. The molecule has 131 heavy (non-hydrogen) atoms. The molecule has 0 fully saturated rings. The second-order valence-electron chi connectivity index (χ2n) is 28.0. The molecule has 0 atom stereocenters. The van der Waals surface area contributed by atoms with Crippen LogP contribution in [0.2, 0.25) is 5.02 Å². The van der Waals surface area contributed by atoms with E-state index in [0.29, 0.717) is 63.9 Å². The minimum Gasteiger partial charge on any atom is -0.456 e. The van der Waals surface area contributed by atoms with E-state index < -0.39 is 66.7 Å². The molecule has 0 aliphatic heterocycles. The smallest absolute Gasteiger partial charge is 0.287 e. The lowest BCUT2D eigenvalue weighted by molar-refractivity contribution is 0.0126. The van der Waals surface area contributed by atoms with Crippen molar-refractivity contribution in [3.05, 3.63) is 389 Å². The van der Waals surface area contributed by atoms with Gasteiger partial charge in [-0.05, 0) is 159 Å². The van der Waals surface area contributed by atoms with Gasteiger partial charge in [0.25, 0.3) is 35.5 Å². The molecule has 5 amide bonds. The van der Waals surface area contributed by atoms with Gasteiger partial charge in [-0.3, -0.25) is 38.9 Å². The number of rotatable bonds is 24. The van der Waals surface area contributed by atoms with Crippen molar-refractivity contribution in [2.24, 2.45) is 0 Å². The van der Waals surface area contributed by atoms with Crippen LogP contribution >= 0.6 is 27.5 Å². The lowest BCUT2D eigenvalue weighted by atomic mass is 10.1. The highest BCUT2D eigenvalue weighted by atomic mass is 79.9. The molecule has 37 heteroatoms. The van der Waals surface area contributed by atoms with E-state index in [1.807, 2.05) is 92.7 Å². The highest BCUT2D eigenvalue weighted by Crippen LogP contribution is 2.34. The number of aromatic nitrogens is 8. The van der Waals surface area contributed by atoms with Crippen molar-refractivity contribution in [1.82, 2.24) is 44.2 Å². The maximum Gasteiger partial charge on any atom is 0.287 e. The van der Waals surface area contributed by atoms with Gasteiger partial charge in [0.1, 0.15) is 87.5 Å². The molecule has 0 saturated heterocycles. The molecule has 0 spiro atoms. The molecule has 15 aromatic rings. The van der Waals surface area contributed by atoms with Crippen molar-refractivity contribution in [3.8, 4) is 57.5 Å². The second kappa shape index (κ2) is 45.2. The standard InChI is InChI=1S/C19H15BrN2O2.C19H13ClF3N3O2.C19H17FN4O4S.C19H16N2O2.C18H14FN3O4S/c1-13-4-2-5-14(8-13)19(23)22-16-9-15(20)10-18(11-16)24-17-6-3-7-21-12-17;1-19(22,23)17-4-2-3-16(26-17)18(27)25-13-5-11(20)6-14(8-13)28-15-7-12(21)9-24-10-15;1-24(2)29(26,27)18-5-3-4-13(6-18)19(25)23-15-7-14(20)8-16(9-15)28-17-10-21-12-22-11-17;1-14-5-2-6-15(11-14)19(22)21-16-7-3-8-17(12-16)23-18-9-4-10-20-13-18;1-27(24,25)17-4-2-3-12(5-17)18(23)22-14-6-13(19)7-15(8-14)26-16-9-20-11-21-10-16/h2-12H,1H3,(H,22,23);2-10H,1H3,(H,25,27);3-12H,1-2H3,(H,23,25);2-13H,1H3,(H,21,22);2-11H,1H3,(H,22,23). The van der Waals surface area contributed by atoms with Crippen LogP contribution in [-0.4, -0.2) is 111 Å². The Morgan fingerprint density at radius 1 is 0.374 bits per heavy atom. The zero-order valence-electron chi connectivity index (χ0n) is 69.7. The summed E-state index contributed by atoms with van der Waals surface area (Å²) in [4.78, 5) is 92.5. The Bertz CT molecular complexity index is 6820.